The van der Waals surface area contributed by atoms with E-state index in [0.717, 1.165) is 127 Å². The fourth-order valence-corrected chi connectivity index (χ4v) is 9.91. The molecular weight excluding hydrogens is 1020 g/mol. The first kappa shape index (κ1) is 57.3. The summed E-state index contributed by atoms with van der Waals surface area (Å²) in [7, 11) is 0. The highest BCUT2D eigenvalue weighted by Gasteiger charge is 2.24. The molecule has 0 radical (unpaired) electrons. The van der Waals surface area contributed by atoms with Crippen LogP contribution in [-0.2, 0) is 38.8 Å². The number of hydrogen-bond acceptors (Lipinski definition) is 6. The van der Waals surface area contributed by atoms with E-state index >= 15 is 0 Å². The van der Waals surface area contributed by atoms with Gasteiger partial charge in [-0.15, -0.1) is 0 Å². The zero-order valence-corrected chi connectivity index (χ0v) is 47.5. The minimum atomic E-state index is -0.322. The average Bonchev–Trinajstić information content (AvgIpc) is 3.52. The van der Waals surface area contributed by atoms with E-state index in [4.69, 9.17) is 18.9 Å². The van der Waals surface area contributed by atoms with Crippen molar-refractivity contribution in [1.29, 1.82) is 0 Å². The van der Waals surface area contributed by atoms with Crippen LogP contribution in [0.5, 0.6) is 23.0 Å². The molecule has 0 fully saturated rings. The quantitative estimate of drug-likeness (QED) is 0.0636. The van der Waals surface area contributed by atoms with E-state index in [9.17, 15) is 9.59 Å². The molecule has 0 aromatic heterocycles. The van der Waals surface area contributed by atoms with E-state index in [1.807, 2.05) is 109 Å². The minimum absolute atomic E-state index is 0.269. The lowest BCUT2D eigenvalue weighted by Gasteiger charge is -2.24. The van der Waals surface area contributed by atoms with Gasteiger partial charge >= 0.3 is 12.1 Å². The molecule has 0 spiro atoms. The van der Waals surface area contributed by atoms with Gasteiger partial charge in [0.25, 0.3) is 0 Å². The highest BCUT2D eigenvalue weighted by molar-refractivity contribution is 5.90. The van der Waals surface area contributed by atoms with Gasteiger partial charge in [0.2, 0.25) is 0 Å². The third-order valence-electron chi connectivity index (χ3n) is 13.7. The molecule has 1 aliphatic carbocycles. The first-order valence-corrected chi connectivity index (χ1v) is 28.7. The van der Waals surface area contributed by atoms with Gasteiger partial charge < -0.3 is 40.2 Å². The molecule has 82 heavy (non-hydrogen) atoms. The molecule has 0 atom stereocenters. The maximum absolute atomic E-state index is 13.6. The topological polar surface area (TPSA) is 119 Å². The van der Waals surface area contributed by atoms with E-state index < -0.39 is 0 Å². The standard InChI is InChI=1S/C72H72N4O6/c1-5-37-79-67-57-21-15-22-58(67)46-62-42-56(50-74-72(78)76-66-35-31-54(32-36-66)28-26-52-19-13-10-14-20-52)44-64(70(62)82-40-8-4)48-60-24-16-23-59(68(60)80-38-6-2)47-63-43-55(41-61(45-57)69(63)81-39-7-3)49-73-71(77)75-65-33-29-53(30-34-65)27-25-51-17-11-9-12-18-51/h9-24,29-36,41-44H,5-8,37-40,45-50H2,1-4H3,(H2,73,75,77)(H2,74,76,78). The Kier molecular flexibility index (Phi) is 20.4. The van der Waals surface area contributed by atoms with E-state index in [0.29, 0.717) is 63.5 Å². The van der Waals surface area contributed by atoms with Crippen molar-refractivity contribution in [3.05, 3.63) is 248 Å². The molecule has 0 saturated heterocycles. The number of para-hydroxylation sites is 2. The summed E-state index contributed by atoms with van der Waals surface area (Å²) in [4.78, 5) is 27.3. The highest BCUT2D eigenvalue weighted by atomic mass is 16.5. The number of nitrogens with one attached hydrogen (secondary N) is 4. The van der Waals surface area contributed by atoms with E-state index in [1.165, 1.54) is 0 Å². The van der Waals surface area contributed by atoms with Crippen molar-refractivity contribution in [2.75, 3.05) is 37.1 Å². The Morgan fingerprint density at radius 1 is 0.354 bits per heavy atom. The van der Waals surface area contributed by atoms with Crippen LogP contribution in [0.25, 0.3) is 0 Å². The van der Waals surface area contributed by atoms with Gasteiger partial charge in [-0.05, 0) is 178 Å². The van der Waals surface area contributed by atoms with Crippen LogP contribution < -0.4 is 40.2 Å². The zero-order valence-electron chi connectivity index (χ0n) is 47.5. The van der Waals surface area contributed by atoms with Crippen LogP contribution in [-0.4, -0.2) is 38.5 Å². The Labute approximate surface area is 484 Å². The normalized spacial score (nSPS) is 11.4. The second-order valence-electron chi connectivity index (χ2n) is 20.4. The molecule has 0 saturated carbocycles. The lowest BCUT2D eigenvalue weighted by Crippen LogP contribution is -2.28. The van der Waals surface area contributed by atoms with Crippen molar-refractivity contribution < 1.29 is 28.5 Å². The van der Waals surface area contributed by atoms with Crippen molar-refractivity contribution in [2.24, 2.45) is 0 Å². The van der Waals surface area contributed by atoms with Crippen LogP contribution in [0, 0.1) is 23.7 Å². The first-order valence-electron chi connectivity index (χ1n) is 28.7. The van der Waals surface area contributed by atoms with Gasteiger partial charge in [-0.2, -0.15) is 0 Å². The number of fused-ring (bicyclic) bond motifs is 8. The molecule has 10 nitrogen and oxygen atoms in total. The third kappa shape index (κ3) is 15.9. The van der Waals surface area contributed by atoms with Crippen molar-refractivity contribution in [3.8, 4) is 46.7 Å². The molecule has 9 rings (SSSR count). The van der Waals surface area contributed by atoms with Crippen LogP contribution in [0.15, 0.2) is 170 Å². The van der Waals surface area contributed by atoms with E-state index in [2.05, 4.69) is 133 Å². The summed E-state index contributed by atoms with van der Waals surface area (Å²) in [5.74, 6) is 16.1. The van der Waals surface area contributed by atoms with Crippen LogP contribution in [0.2, 0.25) is 0 Å². The number of urea groups is 2. The smallest absolute Gasteiger partial charge is 0.319 e. The summed E-state index contributed by atoms with van der Waals surface area (Å²) in [6.07, 6.45) is 5.32. The Balaban J connectivity index is 1.05. The first-order chi connectivity index (χ1) is 40.2. The van der Waals surface area contributed by atoms with Crippen LogP contribution in [0.4, 0.5) is 21.0 Å². The van der Waals surface area contributed by atoms with E-state index in [-0.39, 0.29) is 25.2 Å². The predicted octanol–water partition coefficient (Wildman–Crippen LogP) is 15.0. The molecule has 8 aromatic carbocycles. The van der Waals surface area contributed by atoms with Crippen molar-refractivity contribution >= 4 is 23.4 Å². The summed E-state index contributed by atoms with van der Waals surface area (Å²) in [5, 5.41) is 12.3. The molecule has 0 heterocycles. The van der Waals surface area contributed by atoms with Crippen molar-refractivity contribution in [2.45, 2.75) is 92.2 Å². The number of rotatable bonds is 18. The van der Waals surface area contributed by atoms with E-state index in [1.54, 1.807) is 0 Å². The maximum Gasteiger partial charge on any atom is 0.319 e. The van der Waals surface area contributed by atoms with Crippen LogP contribution in [0.1, 0.15) is 131 Å². The predicted molar refractivity (Wildman–Crippen MR) is 330 cm³/mol. The SMILES string of the molecule is CCCOc1c2cccc1Cc1cc(CNC(=O)Nc3ccc(C#Cc4ccccc4)cc3)cc(c1OCCC)Cc1cccc(c1OCCC)Cc1cc(CNC(=O)Nc3ccc(C#Cc4ccccc4)cc3)cc(c1OCCC)C2. The second-order valence-corrected chi connectivity index (χ2v) is 20.4. The Morgan fingerprint density at radius 2 is 0.634 bits per heavy atom. The largest absolute Gasteiger partial charge is 0.493 e. The number of amides is 4. The highest BCUT2D eigenvalue weighted by Crippen LogP contribution is 2.40. The number of ether oxygens (including phenoxy) is 4. The number of anilines is 2. The summed E-state index contributed by atoms with van der Waals surface area (Å²) in [6, 6.07) is 55.6. The van der Waals surface area contributed by atoms with Crippen molar-refractivity contribution in [1.82, 2.24) is 10.6 Å². The molecule has 416 valence electrons. The van der Waals surface area contributed by atoms with Crippen LogP contribution >= 0.6 is 0 Å². The molecule has 1 aliphatic rings. The van der Waals surface area contributed by atoms with Crippen LogP contribution in [0.3, 0.4) is 0 Å². The molecular formula is C72H72N4O6. The number of hydrogen-bond donors (Lipinski definition) is 4. The van der Waals surface area contributed by atoms with Gasteiger partial charge in [0.1, 0.15) is 23.0 Å². The number of benzene rings is 8. The summed E-state index contributed by atoms with van der Waals surface area (Å²) in [5.41, 5.74) is 14.8. The van der Waals surface area contributed by atoms with Gasteiger partial charge in [-0.3, -0.25) is 0 Å². The summed E-state index contributed by atoms with van der Waals surface area (Å²) in [6.45, 7) is 11.1. The van der Waals surface area contributed by atoms with Gasteiger partial charge in [0, 0.05) is 72.4 Å². The monoisotopic (exact) mass is 1090 g/mol. The Morgan fingerprint density at radius 3 is 0.927 bits per heavy atom. The third-order valence-corrected chi connectivity index (χ3v) is 13.7. The minimum Gasteiger partial charge on any atom is -0.493 e. The zero-order chi connectivity index (χ0) is 56.9. The fraction of sp³-hybridized carbons (Fsp3) is 0.250. The van der Waals surface area contributed by atoms with Gasteiger partial charge in [-0.25, -0.2) is 9.59 Å². The average molecular weight is 1090 g/mol. The van der Waals surface area contributed by atoms with Gasteiger partial charge in [0.05, 0.1) is 26.4 Å². The molecule has 4 N–H and O–H groups in total. The molecule has 4 amide bonds. The molecule has 0 aliphatic heterocycles. The van der Waals surface area contributed by atoms with Crippen molar-refractivity contribution in [3.63, 3.8) is 0 Å². The molecule has 8 aromatic rings. The lowest BCUT2D eigenvalue weighted by atomic mass is 9.89. The summed E-state index contributed by atoms with van der Waals surface area (Å²) >= 11 is 0. The lowest BCUT2D eigenvalue weighted by molar-refractivity contribution is 0.251. The molecule has 0 unspecified atom stereocenters. The number of carbonyl (C=O) groups excluding carboxylic acids is 2. The van der Waals surface area contributed by atoms with Gasteiger partial charge in [-0.1, -0.05) is 124 Å². The number of carbonyl (C=O) groups is 2. The molecule has 10 heteroatoms. The van der Waals surface area contributed by atoms with Gasteiger partial charge in [0.15, 0.2) is 0 Å². The summed E-state index contributed by atoms with van der Waals surface area (Å²) < 4.78 is 27.2. The second kappa shape index (κ2) is 29.2. The fourth-order valence-electron chi connectivity index (χ4n) is 9.91. The Hall–Kier alpha value is -9.38. The maximum atomic E-state index is 13.6. The molecule has 8 bridgehead atoms. The Bertz CT molecular complexity index is 3250.